The van der Waals surface area contributed by atoms with Crippen molar-refractivity contribution in [1.82, 2.24) is 4.98 Å². The molecular formula is C20H22N4O2S. The van der Waals surface area contributed by atoms with Crippen LogP contribution < -0.4 is 10.6 Å². The average Bonchev–Trinajstić information content (AvgIpc) is 2.61. The maximum atomic E-state index is 12.5. The Morgan fingerprint density at radius 1 is 1.07 bits per heavy atom. The third-order valence-electron chi connectivity index (χ3n) is 4.21. The number of carbonyl (C=O) groups excluding carboxylic acids is 2. The number of benzene rings is 1. The highest BCUT2D eigenvalue weighted by Gasteiger charge is 2.20. The molecule has 7 heteroatoms. The number of aryl methyl sites for hydroxylation is 1. The molecular weight excluding hydrogens is 360 g/mol. The number of nitriles is 1. The van der Waals surface area contributed by atoms with E-state index in [9.17, 15) is 14.9 Å². The van der Waals surface area contributed by atoms with Gasteiger partial charge in [-0.1, -0.05) is 11.8 Å². The zero-order chi connectivity index (χ0) is 20.1. The maximum absolute atomic E-state index is 12.5. The zero-order valence-electron chi connectivity index (χ0n) is 16.0. The largest absolute Gasteiger partial charge is 0.326 e. The molecule has 0 saturated heterocycles. The molecule has 1 aromatic carbocycles. The van der Waals surface area contributed by atoms with Crippen molar-refractivity contribution in [3.63, 3.8) is 0 Å². The van der Waals surface area contributed by atoms with E-state index >= 15 is 0 Å². The number of aromatic nitrogens is 1. The number of nitrogens with one attached hydrogen (secondary N) is 2. The van der Waals surface area contributed by atoms with Crippen LogP contribution in [0.4, 0.5) is 11.4 Å². The second-order valence-corrected chi connectivity index (χ2v) is 7.58. The molecule has 0 aliphatic carbocycles. The fourth-order valence-corrected chi connectivity index (χ4v) is 3.44. The second-order valence-electron chi connectivity index (χ2n) is 6.25. The first-order valence-corrected chi connectivity index (χ1v) is 9.34. The Bertz CT molecular complexity index is 917. The average molecular weight is 382 g/mol. The number of amides is 2. The number of anilines is 2. The Balaban J connectivity index is 2.10. The molecule has 1 aromatic heterocycles. The number of nitrogens with zero attached hydrogens (tertiary/aromatic N) is 2. The SMILES string of the molecule is CC(=O)Nc1ccc(NC(=O)[C@@H](C)Sc2nc(C)c(C)c(C)c2C#N)cc1. The fraction of sp³-hybridized carbons (Fsp3) is 0.300. The van der Waals surface area contributed by atoms with Crippen molar-refractivity contribution in [2.45, 2.75) is 44.9 Å². The van der Waals surface area contributed by atoms with E-state index in [0.717, 1.165) is 16.8 Å². The number of hydrogen-bond acceptors (Lipinski definition) is 5. The number of rotatable bonds is 5. The summed E-state index contributed by atoms with van der Waals surface area (Å²) >= 11 is 1.27. The van der Waals surface area contributed by atoms with E-state index < -0.39 is 5.25 Å². The summed E-state index contributed by atoms with van der Waals surface area (Å²) in [6, 6.07) is 9.08. The minimum absolute atomic E-state index is 0.152. The van der Waals surface area contributed by atoms with Gasteiger partial charge in [0, 0.05) is 24.0 Å². The van der Waals surface area contributed by atoms with Crippen LogP contribution in [0.1, 0.15) is 36.2 Å². The topological polar surface area (TPSA) is 94.9 Å². The Morgan fingerprint density at radius 3 is 2.15 bits per heavy atom. The summed E-state index contributed by atoms with van der Waals surface area (Å²) in [6.45, 7) is 8.95. The van der Waals surface area contributed by atoms with Crippen LogP contribution in [0, 0.1) is 32.1 Å². The zero-order valence-corrected chi connectivity index (χ0v) is 16.8. The molecule has 6 nitrogen and oxygen atoms in total. The van der Waals surface area contributed by atoms with Crippen molar-refractivity contribution < 1.29 is 9.59 Å². The number of hydrogen-bond donors (Lipinski definition) is 2. The molecule has 0 spiro atoms. The molecule has 0 radical (unpaired) electrons. The van der Waals surface area contributed by atoms with Crippen LogP contribution in [-0.4, -0.2) is 22.0 Å². The molecule has 2 amide bonds. The van der Waals surface area contributed by atoms with Crippen LogP contribution >= 0.6 is 11.8 Å². The predicted molar refractivity (Wildman–Crippen MR) is 108 cm³/mol. The van der Waals surface area contributed by atoms with Crippen LogP contribution in [0.15, 0.2) is 29.3 Å². The molecule has 1 atom stereocenters. The van der Waals surface area contributed by atoms with Gasteiger partial charge in [-0.25, -0.2) is 4.98 Å². The molecule has 140 valence electrons. The number of pyridine rings is 1. The van der Waals surface area contributed by atoms with E-state index in [1.54, 1.807) is 31.2 Å². The molecule has 0 saturated carbocycles. The van der Waals surface area contributed by atoms with E-state index in [2.05, 4.69) is 21.7 Å². The normalized spacial score (nSPS) is 11.4. The van der Waals surface area contributed by atoms with Gasteiger partial charge >= 0.3 is 0 Å². The highest BCUT2D eigenvalue weighted by molar-refractivity contribution is 8.00. The Kier molecular flexibility index (Phi) is 6.59. The molecule has 2 rings (SSSR count). The first kappa shape index (κ1) is 20.5. The monoisotopic (exact) mass is 382 g/mol. The second kappa shape index (κ2) is 8.69. The molecule has 1 heterocycles. The van der Waals surface area contributed by atoms with E-state index in [0.29, 0.717) is 22.0 Å². The van der Waals surface area contributed by atoms with Crippen molar-refractivity contribution in [1.29, 1.82) is 5.26 Å². The number of thioether (sulfide) groups is 1. The van der Waals surface area contributed by atoms with Gasteiger partial charge in [-0.3, -0.25) is 9.59 Å². The summed E-state index contributed by atoms with van der Waals surface area (Å²) in [7, 11) is 0. The molecule has 2 N–H and O–H groups in total. The lowest BCUT2D eigenvalue weighted by atomic mass is 10.1. The molecule has 0 fully saturated rings. The molecule has 27 heavy (non-hydrogen) atoms. The van der Waals surface area contributed by atoms with Gasteiger partial charge in [-0.2, -0.15) is 5.26 Å². The predicted octanol–water partition coefficient (Wildman–Crippen LogP) is 3.96. The Labute approximate surface area is 163 Å². The van der Waals surface area contributed by atoms with Gasteiger partial charge in [0.05, 0.1) is 10.8 Å². The standard InChI is InChI=1S/C20H22N4O2S/c1-11-12(2)18(10-21)20(22-13(11)3)27-14(4)19(26)24-17-8-6-16(7-9-17)23-15(5)25/h6-9,14H,1-5H3,(H,23,25)(H,24,26)/t14-/m1/s1. The van der Waals surface area contributed by atoms with Gasteiger partial charge in [-0.15, -0.1) is 0 Å². The van der Waals surface area contributed by atoms with E-state index in [1.807, 2.05) is 20.8 Å². The van der Waals surface area contributed by atoms with Crippen LogP contribution in [0.3, 0.4) is 0 Å². The molecule has 0 aliphatic rings. The van der Waals surface area contributed by atoms with Crippen molar-refractivity contribution in [3.8, 4) is 6.07 Å². The van der Waals surface area contributed by atoms with Crippen molar-refractivity contribution in [2.24, 2.45) is 0 Å². The highest BCUT2D eigenvalue weighted by Crippen LogP contribution is 2.30. The Hall–Kier alpha value is -2.85. The van der Waals surface area contributed by atoms with Gasteiger partial charge in [0.1, 0.15) is 11.1 Å². The fourth-order valence-electron chi connectivity index (χ4n) is 2.43. The van der Waals surface area contributed by atoms with Crippen LogP contribution in [-0.2, 0) is 9.59 Å². The summed E-state index contributed by atoms with van der Waals surface area (Å²) in [5, 5.41) is 15.1. The minimum atomic E-state index is -0.430. The third kappa shape index (κ3) is 5.08. The molecule has 0 unspecified atom stereocenters. The summed E-state index contributed by atoms with van der Waals surface area (Å²) < 4.78 is 0. The quantitative estimate of drug-likeness (QED) is 0.763. The molecule has 0 aliphatic heterocycles. The maximum Gasteiger partial charge on any atom is 0.237 e. The van der Waals surface area contributed by atoms with Gasteiger partial charge in [0.15, 0.2) is 0 Å². The van der Waals surface area contributed by atoms with Gasteiger partial charge in [0.25, 0.3) is 0 Å². The summed E-state index contributed by atoms with van der Waals surface area (Å²) in [6.07, 6.45) is 0. The van der Waals surface area contributed by atoms with E-state index in [1.165, 1.54) is 18.7 Å². The minimum Gasteiger partial charge on any atom is -0.326 e. The highest BCUT2D eigenvalue weighted by atomic mass is 32.2. The first-order valence-electron chi connectivity index (χ1n) is 8.46. The van der Waals surface area contributed by atoms with Crippen LogP contribution in [0.5, 0.6) is 0 Å². The van der Waals surface area contributed by atoms with Crippen molar-refractivity contribution >= 4 is 35.0 Å². The van der Waals surface area contributed by atoms with Crippen molar-refractivity contribution in [2.75, 3.05) is 10.6 Å². The summed E-state index contributed by atoms with van der Waals surface area (Å²) in [5.74, 6) is -0.338. The van der Waals surface area contributed by atoms with Crippen molar-refractivity contribution in [3.05, 3.63) is 46.6 Å². The van der Waals surface area contributed by atoms with Gasteiger partial charge < -0.3 is 10.6 Å². The molecule has 2 aromatic rings. The number of carbonyl (C=O) groups is 2. The lowest BCUT2D eigenvalue weighted by Crippen LogP contribution is -2.22. The van der Waals surface area contributed by atoms with Crippen LogP contribution in [0.25, 0.3) is 0 Å². The Morgan fingerprint density at radius 2 is 1.63 bits per heavy atom. The molecule has 0 bridgehead atoms. The summed E-state index contributed by atoms with van der Waals surface area (Å²) in [5.41, 5.74) is 4.56. The van der Waals surface area contributed by atoms with Gasteiger partial charge in [-0.05, 0) is 63.1 Å². The van der Waals surface area contributed by atoms with E-state index in [4.69, 9.17) is 0 Å². The lowest BCUT2D eigenvalue weighted by Gasteiger charge is -2.15. The lowest BCUT2D eigenvalue weighted by molar-refractivity contribution is -0.115. The van der Waals surface area contributed by atoms with E-state index in [-0.39, 0.29) is 11.8 Å². The first-order chi connectivity index (χ1) is 12.7. The van der Waals surface area contributed by atoms with Crippen LogP contribution in [0.2, 0.25) is 0 Å². The third-order valence-corrected chi connectivity index (χ3v) is 5.29. The smallest absolute Gasteiger partial charge is 0.237 e. The summed E-state index contributed by atoms with van der Waals surface area (Å²) in [4.78, 5) is 28.0. The van der Waals surface area contributed by atoms with Gasteiger partial charge in [0.2, 0.25) is 11.8 Å².